The Bertz CT molecular complexity index is 1040. The Kier molecular flexibility index (Phi) is 5.98. The van der Waals surface area contributed by atoms with Gasteiger partial charge >= 0.3 is 0 Å². The Balaban J connectivity index is 1.30. The zero-order chi connectivity index (χ0) is 21.8. The summed E-state index contributed by atoms with van der Waals surface area (Å²) in [5.74, 6) is 1.77. The van der Waals surface area contributed by atoms with Gasteiger partial charge in [0.15, 0.2) is 5.82 Å². The molecule has 0 unspecified atom stereocenters. The SMILES string of the molecule is O=C(NCc1nc(N2CCCC2)nc(N2CCOCC2)n1)c1ccc(-n2cccc2)cc1. The number of nitrogens with one attached hydrogen (secondary N) is 1. The summed E-state index contributed by atoms with van der Waals surface area (Å²) in [6.45, 7) is 4.98. The third kappa shape index (κ3) is 4.57. The maximum atomic E-state index is 12.7. The van der Waals surface area contributed by atoms with Crippen LogP contribution in [0.4, 0.5) is 11.9 Å². The highest BCUT2D eigenvalue weighted by Gasteiger charge is 2.21. The fourth-order valence-corrected chi connectivity index (χ4v) is 3.99. The molecule has 0 radical (unpaired) electrons. The monoisotopic (exact) mass is 433 g/mol. The van der Waals surface area contributed by atoms with Crippen LogP contribution in [-0.2, 0) is 11.3 Å². The molecule has 0 bridgehead atoms. The topological polar surface area (TPSA) is 88.4 Å². The Hall–Kier alpha value is -3.46. The molecule has 1 aromatic carbocycles. The molecule has 32 heavy (non-hydrogen) atoms. The molecular formula is C23H27N7O2. The standard InChI is InChI=1S/C23H27N7O2/c31-21(18-5-7-19(8-6-18)28-9-1-2-10-28)24-17-20-25-22(29-11-3-4-12-29)27-23(26-20)30-13-15-32-16-14-30/h1-2,5-10H,3-4,11-17H2,(H,24,31). The predicted molar refractivity (Wildman–Crippen MR) is 121 cm³/mol. The molecule has 0 atom stereocenters. The smallest absolute Gasteiger partial charge is 0.251 e. The zero-order valence-electron chi connectivity index (χ0n) is 18.0. The summed E-state index contributed by atoms with van der Waals surface area (Å²) in [5, 5.41) is 2.96. The highest BCUT2D eigenvalue weighted by atomic mass is 16.5. The predicted octanol–water partition coefficient (Wildman–Crippen LogP) is 2.03. The minimum absolute atomic E-state index is 0.153. The Labute approximate surface area is 187 Å². The van der Waals surface area contributed by atoms with Crippen LogP contribution in [0.1, 0.15) is 29.0 Å². The maximum absolute atomic E-state index is 12.7. The third-order valence-electron chi connectivity index (χ3n) is 5.78. The normalized spacial score (nSPS) is 16.4. The second-order valence-corrected chi connectivity index (χ2v) is 7.97. The average molecular weight is 434 g/mol. The van der Waals surface area contributed by atoms with Gasteiger partial charge in [-0.1, -0.05) is 0 Å². The summed E-state index contributed by atoms with van der Waals surface area (Å²) in [4.78, 5) is 31.0. The molecule has 2 aliphatic rings. The van der Waals surface area contributed by atoms with E-state index in [1.165, 1.54) is 0 Å². The van der Waals surface area contributed by atoms with Crippen LogP contribution in [0.3, 0.4) is 0 Å². The molecule has 5 rings (SSSR count). The summed E-state index contributed by atoms with van der Waals surface area (Å²) in [5.41, 5.74) is 1.61. The van der Waals surface area contributed by atoms with E-state index in [4.69, 9.17) is 9.72 Å². The van der Waals surface area contributed by atoms with Crippen molar-refractivity contribution in [3.05, 3.63) is 60.2 Å². The van der Waals surface area contributed by atoms with Crippen molar-refractivity contribution in [2.75, 3.05) is 49.2 Å². The number of nitrogens with zero attached hydrogens (tertiary/aromatic N) is 6. The minimum atomic E-state index is -0.153. The molecule has 2 saturated heterocycles. The Morgan fingerprint density at radius 3 is 2.16 bits per heavy atom. The summed E-state index contributed by atoms with van der Waals surface area (Å²) in [7, 11) is 0. The van der Waals surface area contributed by atoms with Gasteiger partial charge in [0.1, 0.15) is 0 Å². The summed E-state index contributed by atoms with van der Waals surface area (Å²) in [6, 6.07) is 11.5. The number of benzene rings is 1. The zero-order valence-corrected chi connectivity index (χ0v) is 18.0. The van der Waals surface area contributed by atoms with Crippen LogP contribution in [0.25, 0.3) is 5.69 Å². The molecule has 0 saturated carbocycles. The molecule has 0 aliphatic carbocycles. The van der Waals surface area contributed by atoms with Crippen molar-refractivity contribution < 1.29 is 9.53 Å². The molecule has 0 spiro atoms. The van der Waals surface area contributed by atoms with E-state index in [1.807, 2.05) is 53.4 Å². The number of carbonyl (C=O) groups excluding carboxylic acids is 1. The lowest BCUT2D eigenvalue weighted by Gasteiger charge is -2.28. The first-order valence-electron chi connectivity index (χ1n) is 11.1. The fraction of sp³-hybridized carbons (Fsp3) is 0.391. The molecular weight excluding hydrogens is 406 g/mol. The van der Waals surface area contributed by atoms with Gasteiger partial charge < -0.3 is 24.4 Å². The number of anilines is 2. The lowest BCUT2D eigenvalue weighted by atomic mass is 10.2. The van der Waals surface area contributed by atoms with Crippen LogP contribution in [0.15, 0.2) is 48.8 Å². The minimum Gasteiger partial charge on any atom is -0.378 e. The van der Waals surface area contributed by atoms with Gasteiger partial charge in [-0.25, -0.2) is 0 Å². The molecule has 1 N–H and O–H groups in total. The number of rotatable bonds is 6. The molecule has 2 fully saturated rings. The number of hydrogen-bond donors (Lipinski definition) is 1. The quantitative estimate of drug-likeness (QED) is 0.636. The van der Waals surface area contributed by atoms with Gasteiger partial charge in [-0.2, -0.15) is 15.0 Å². The van der Waals surface area contributed by atoms with E-state index in [2.05, 4.69) is 25.1 Å². The van der Waals surface area contributed by atoms with Crippen LogP contribution in [0, 0.1) is 0 Å². The number of ether oxygens (including phenoxy) is 1. The summed E-state index contributed by atoms with van der Waals surface area (Å²) in [6.07, 6.45) is 6.23. The Morgan fingerprint density at radius 2 is 1.50 bits per heavy atom. The van der Waals surface area contributed by atoms with E-state index in [9.17, 15) is 4.79 Å². The van der Waals surface area contributed by atoms with Crippen molar-refractivity contribution in [2.45, 2.75) is 19.4 Å². The van der Waals surface area contributed by atoms with Crippen molar-refractivity contribution >= 4 is 17.8 Å². The van der Waals surface area contributed by atoms with Gasteiger partial charge in [-0.05, 0) is 49.2 Å². The molecule has 2 aromatic heterocycles. The first-order valence-corrected chi connectivity index (χ1v) is 11.1. The van der Waals surface area contributed by atoms with E-state index in [0.717, 1.165) is 44.7 Å². The maximum Gasteiger partial charge on any atom is 0.251 e. The van der Waals surface area contributed by atoms with Crippen molar-refractivity contribution in [3.8, 4) is 5.69 Å². The summed E-state index contributed by atoms with van der Waals surface area (Å²) < 4.78 is 7.46. The average Bonchev–Trinajstić information content (AvgIpc) is 3.58. The van der Waals surface area contributed by atoms with E-state index in [0.29, 0.717) is 36.5 Å². The number of amides is 1. The Morgan fingerprint density at radius 1 is 0.875 bits per heavy atom. The first-order chi connectivity index (χ1) is 15.8. The van der Waals surface area contributed by atoms with Crippen molar-refractivity contribution in [3.63, 3.8) is 0 Å². The number of aromatic nitrogens is 4. The molecule has 4 heterocycles. The molecule has 1 amide bonds. The van der Waals surface area contributed by atoms with E-state index in [1.54, 1.807) is 0 Å². The fourth-order valence-electron chi connectivity index (χ4n) is 3.99. The van der Waals surface area contributed by atoms with Crippen molar-refractivity contribution in [1.29, 1.82) is 0 Å². The van der Waals surface area contributed by atoms with Gasteiger partial charge in [-0.15, -0.1) is 0 Å². The number of carbonyl (C=O) groups is 1. The summed E-state index contributed by atoms with van der Waals surface area (Å²) >= 11 is 0. The molecule has 3 aromatic rings. The van der Waals surface area contributed by atoms with E-state index in [-0.39, 0.29) is 12.5 Å². The molecule has 9 nitrogen and oxygen atoms in total. The van der Waals surface area contributed by atoms with E-state index < -0.39 is 0 Å². The number of hydrogen-bond acceptors (Lipinski definition) is 7. The van der Waals surface area contributed by atoms with Crippen molar-refractivity contribution in [2.24, 2.45) is 0 Å². The van der Waals surface area contributed by atoms with Gasteiger partial charge in [-0.3, -0.25) is 4.79 Å². The van der Waals surface area contributed by atoms with Crippen LogP contribution in [-0.4, -0.2) is 64.8 Å². The van der Waals surface area contributed by atoms with Crippen molar-refractivity contribution in [1.82, 2.24) is 24.8 Å². The molecule has 166 valence electrons. The van der Waals surface area contributed by atoms with Crippen LogP contribution < -0.4 is 15.1 Å². The van der Waals surface area contributed by atoms with Gasteiger partial charge in [0.2, 0.25) is 11.9 Å². The second-order valence-electron chi connectivity index (χ2n) is 7.97. The second kappa shape index (κ2) is 9.35. The molecule has 9 heteroatoms. The lowest BCUT2D eigenvalue weighted by molar-refractivity contribution is 0.0950. The molecule has 2 aliphatic heterocycles. The largest absolute Gasteiger partial charge is 0.378 e. The van der Waals surface area contributed by atoms with Crippen LogP contribution >= 0.6 is 0 Å². The van der Waals surface area contributed by atoms with E-state index >= 15 is 0 Å². The van der Waals surface area contributed by atoms with Gasteiger partial charge in [0, 0.05) is 49.8 Å². The highest BCUT2D eigenvalue weighted by Crippen LogP contribution is 2.19. The van der Waals surface area contributed by atoms with Gasteiger partial charge in [0.05, 0.1) is 19.8 Å². The third-order valence-corrected chi connectivity index (χ3v) is 5.78. The van der Waals surface area contributed by atoms with Gasteiger partial charge in [0.25, 0.3) is 5.91 Å². The highest BCUT2D eigenvalue weighted by molar-refractivity contribution is 5.94. The lowest BCUT2D eigenvalue weighted by Crippen LogP contribution is -2.38. The number of morpholine rings is 1. The first kappa shape index (κ1) is 20.4. The van der Waals surface area contributed by atoms with Crippen LogP contribution in [0.2, 0.25) is 0 Å². The van der Waals surface area contributed by atoms with Crippen LogP contribution in [0.5, 0.6) is 0 Å².